The Morgan fingerprint density at radius 2 is 1.76 bits per heavy atom. The van der Waals surface area contributed by atoms with Gasteiger partial charge < -0.3 is 14.8 Å². The molecule has 5 nitrogen and oxygen atoms in total. The lowest BCUT2D eigenvalue weighted by atomic mass is 9.82. The lowest BCUT2D eigenvalue weighted by molar-refractivity contribution is 0.415. The molecule has 0 fully saturated rings. The van der Waals surface area contributed by atoms with Gasteiger partial charge in [0.2, 0.25) is 5.88 Å². The molecule has 0 spiro atoms. The number of ether oxygens (including phenoxy) is 2. The number of halogens is 1. The predicted octanol–water partition coefficient (Wildman–Crippen LogP) is 7.32. The first-order chi connectivity index (χ1) is 16.7. The summed E-state index contributed by atoms with van der Waals surface area (Å²) in [4.78, 5) is 9.12. The van der Waals surface area contributed by atoms with Crippen molar-refractivity contribution in [1.82, 2.24) is 9.97 Å². The average Bonchev–Trinajstić information content (AvgIpc) is 2.88. The monoisotopic (exact) mass is 465 g/mol. The molecule has 0 aliphatic carbocycles. The quantitative estimate of drug-likeness (QED) is 0.295. The van der Waals surface area contributed by atoms with E-state index in [4.69, 9.17) is 21.1 Å². The molecule has 166 valence electrons. The van der Waals surface area contributed by atoms with Crippen LogP contribution in [-0.2, 0) is 0 Å². The summed E-state index contributed by atoms with van der Waals surface area (Å²) in [7, 11) is 1.65. The first kappa shape index (κ1) is 20.5. The zero-order chi connectivity index (χ0) is 23.1. The Hall–Kier alpha value is -4.09. The van der Waals surface area contributed by atoms with Crippen LogP contribution in [0.1, 0.15) is 22.6 Å². The smallest absolute Gasteiger partial charge is 0.228 e. The van der Waals surface area contributed by atoms with E-state index in [1.165, 1.54) is 6.33 Å². The van der Waals surface area contributed by atoms with Gasteiger partial charge in [-0.1, -0.05) is 60.1 Å². The fourth-order valence-corrected chi connectivity index (χ4v) is 4.72. The van der Waals surface area contributed by atoms with E-state index >= 15 is 0 Å². The van der Waals surface area contributed by atoms with Crippen molar-refractivity contribution in [2.75, 3.05) is 12.4 Å². The number of hydrogen-bond donors (Lipinski definition) is 1. The highest BCUT2D eigenvalue weighted by Crippen LogP contribution is 2.51. The molecule has 6 rings (SSSR count). The highest BCUT2D eigenvalue weighted by Gasteiger charge is 2.34. The number of anilines is 2. The highest BCUT2D eigenvalue weighted by atomic mass is 35.5. The maximum atomic E-state index is 6.44. The van der Waals surface area contributed by atoms with Crippen molar-refractivity contribution >= 4 is 33.9 Å². The van der Waals surface area contributed by atoms with Gasteiger partial charge in [-0.15, -0.1) is 0 Å². The fourth-order valence-electron chi connectivity index (χ4n) is 4.52. The van der Waals surface area contributed by atoms with Crippen LogP contribution >= 0.6 is 11.6 Å². The van der Waals surface area contributed by atoms with Crippen LogP contribution in [-0.4, -0.2) is 17.1 Å². The number of nitrogens with zero attached hydrogens (tertiary/aromatic N) is 2. The molecule has 1 aliphatic rings. The molecule has 1 aliphatic heterocycles. The molecular formula is C28H20ClN3O2. The van der Waals surface area contributed by atoms with Crippen LogP contribution in [0, 0.1) is 0 Å². The zero-order valence-corrected chi connectivity index (χ0v) is 19.1. The molecule has 4 aromatic carbocycles. The number of fused-ring (bicyclic) bond motifs is 4. The highest BCUT2D eigenvalue weighted by molar-refractivity contribution is 6.30. The third-order valence-electron chi connectivity index (χ3n) is 6.09. The first-order valence-corrected chi connectivity index (χ1v) is 11.3. The number of rotatable bonds is 4. The van der Waals surface area contributed by atoms with Gasteiger partial charge in [0.05, 0.1) is 12.7 Å². The van der Waals surface area contributed by atoms with E-state index in [1.807, 2.05) is 54.6 Å². The van der Waals surface area contributed by atoms with Crippen LogP contribution < -0.4 is 14.8 Å². The number of methoxy groups -OCH3 is 1. The fraction of sp³-hybridized carbons (Fsp3) is 0.0714. The third-order valence-corrected chi connectivity index (χ3v) is 6.33. The van der Waals surface area contributed by atoms with Gasteiger partial charge in [0, 0.05) is 27.6 Å². The average molecular weight is 466 g/mol. The second kappa shape index (κ2) is 8.36. The molecule has 1 unspecified atom stereocenters. The van der Waals surface area contributed by atoms with Gasteiger partial charge in [0.15, 0.2) is 0 Å². The summed E-state index contributed by atoms with van der Waals surface area (Å²) in [5.41, 5.74) is 3.83. The van der Waals surface area contributed by atoms with Crippen molar-refractivity contribution in [3.05, 3.63) is 113 Å². The van der Waals surface area contributed by atoms with Crippen LogP contribution in [0.2, 0.25) is 5.02 Å². The van der Waals surface area contributed by atoms with Gasteiger partial charge in [0.25, 0.3) is 0 Å². The van der Waals surface area contributed by atoms with Crippen molar-refractivity contribution in [3.63, 3.8) is 0 Å². The summed E-state index contributed by atoms with van der Waals surface area (Å²) >= 11 is 6.42. The molecule has 0 radical (unpaired) electrons. The van der Waals surface area contributed by atoms with Crippen molar-refractivity contribution < 1.29 is 9.47 Å². The Bertz CT molecular complexity index is 1520. The molecule has 5 aromatic rings. The summed E-state index contributed by atoms with van der Waals surface area (Å²) in [6.07, 6.45) is 1.52. The molecular weight excluding hydrogens is 446 g/mol. The Morgan fingerprint density at radius 3 is 2.59 bits per heavy atom. The van der Waals surface area contributed by atoms with Gasteiger partial charge >= 0.3 is 0 Å². The summed E-state index contributed by atoms with van der Waals surface area (Å²) < 4.78 is 11.7. The van der Waals surface area contributed by atoms with E-state index in [0.29, 0.717) is 16.7 Å². The van der Waals surface area contributed by atoms with Crippen molar-refractivity contribution in [1.29, 1.82) is 0 Å². The zero-order valence-electron chi connectivity index (χ0n) is 18.3. The Balaban J connectivity index is 1.55. The van der Waals surface area contributed by atoms with E-state index in [1.54, 1.807) is 7.11 Å². The molecule has 1 N–H and O–H groups in total. The van der Waals surface area contributed by atoms with E-state index in [2.05, 4.69) is 45.6 Å². The number of aromatic nitrogens is 2. The molecule has 1 aromatic heterocycles. The Morgan fingerprint density at radius 1 is 0.912 bits per heavy atom. The van der Waals surface area contributed by atoms with E-state index in [9.17, 15) is 0 Å². The lowest BCUT2D eigenvalue weighted by Gasteiger charge is -2.30. The Kier molecular flexibility index (Phi) is 5.04. The first-order valence-electron chi connectivity index (χ1n) is 10.9. The third kappa shape index (κ3) is 3.51. The van der Waals surface area contributed by atoms with Crippen LogP contribution in [0.4, 0.5) is 11.5 Å². The molecule has 2 heterocycles. The second-order valence-electron chi connectivity index (χ2n) is 8.09. The van der Waals surface area contributed by atoms with Crippen molar-refractivity contribution in [2.24, 2.45) is 0 Å². The SMILES string of the molecule is COc1ccc(Nc2ncnc3c2C(c2cccc(Cl)c2)c2ccc4ccccc4c2O3)cc1. The summed E-state index contributed by atoms with van der Waals surface area (Å²) in [5, 5.41) is 6.28. The Labute approximate surface area is 202 Å². The largest absolute Gasteiger partial charge is 0.497 e. The van der Waals surface area contributed by atoms with E-state index < -0.39 is 0 Å². The molecule has 0 saturated heterocycles. The van der Waals surface area contributed by atoms with Gasteiger partial charge in [-0.25, -0.2) is 9.97 Å². The molecule has 0 amide bonds. The van der Waals surface area contributed by atoms with Gasteiger partial charge in [-0.2, -0.15) is 0 Å². The number of nitrogens with one attached hydrogen (secondary N) is 1. The molecule has 0 saturated carbocycles. The molecule has 34 heavy (non-hydrogen) atoms. The van der Waals surface area contributed by atoms with Crippen molar-refractivity contribution in [2.45, 2.75) is 5.92 Å². The van der Waals surface area contributed by atoms with E-state index in [-0.39, 0.29) is 5.92 Å². The molecule has 0 bridgehead atoms. The minimum absolute atomic E-state index is 0.163. The normalized spacial score (nSPS) is 14.1. The topological polar surface area (TPSA) is 56.3 Å². The maximum Gasteiger partial charge on any atom is 0.228 e. The maximum absolute atomic E-state index is 6.44. The predicted molar refractivity (Wildman–Crippen MR) is 135 cm³/mol. The van der Waals surface area contributed by atoms with Gasteiger partial charge in [-0.05, 0) is 47.3 Å². The molecule has 6 heteroatoms. The number of hydrogen-bond acceptors (Lipinski definition) is 5. The van der Waals surface area contributed by atoms with Gasteiger partial charge in [-0.3, -0.25) is 0 Å². The van der Waals surface area contributed by atoms with Crippen molar-refractivity contribution in [3.8, 4) is 17.4 Å². The van der Waals surface area contributed by atoms with Crippen LogP contribution in [0.25, 0.3) is 10.8 Å². The number of benzene rings is 4. The lowest BCUT2D eigenvalue weighted by Crippen LogP contribution is -2.16. The molecule has 1 atom stereocenters. The van der Waals surface area contributed by atoms with Gasteiger partial charge in [0.1, 0.15) is 23.6 Å². The standard InChI is InChI=1S/C28H20ClN3O2/c1-33-21-12-10-20(11-13-21)32-27-25-24(18-6-4-7-19(29)15-18)23-14-9-17-5-2-3-8-22(17)26(23)34-28(25)31-16-30-27/h2-16,24H,1H3,(H,30,31,32). The minimum Gasteiger partial charge on any atom is -0.497 e. The summed E-state index contributed by atoms with van der Waals surface area (Å²) in [6.45, 7) is 0. The minimum atomic E-state index is -0.163. The summed E-state index contributed by atoms with van der Waals surface area (Å²) in [5.74, 6) is 2.64. The summed E-state index contributed by atoms with van der Waals surface area (Å²) in [6, 6.07) is 28.1. The van der Waals surface area contributed by atoms with Crippen LogP contribution in [0.3, 0.4) is 0 Å². The van der Waals surface area contributed by atoms with E-state index in [0.717, 1.165) is 44.6 Å². The van der Waals surface area contributed by atoms with Crippen LogP contribution in [0.15, 0.2) is 91.3 Å². The van der Waals surface area contributed by atoms with Crippen LogP contribution in [0.5, 0.6) is 17.4 Å². The second-order valence-corrected chi connectivity index (χ2v) is 8.53.